The van der Waals surface area contributed by atoms with Crippen LogP contribution in [-0.2, 0) is 0 Å². The third-order valence-corrected chi connectivity index (χ3v) is 4.34. The van der Waals surface area contributed by atoms with E-state index in [1.54, 1.807) is 0 Å². The first kappa shape index (κ1) is 15.8. The summed E-state index contributed by atoms with van der Waals surface area (Å²) >= 11 is 0. The van der Waals surface area contributed by atoms with Crippen molar-refractivity contribution in [2.75, 3.05) is 38.0 Å². The van der Waals surface area contributed by atoms with Crippen LogP contribution in [0.1, 0.15) is 37.6 Å². The zero-order valence-corrected chi connectivity index (χ0v) is 13.4. The summed E-state index contributed by atoms with van der Waals surface area (Å²) < 4.78 is 0. The van der Waals surface area contributed by atoms with E-state index < -0.39 is 0 Å². The molecule has 1 aliphatic heterocycles. The second-order valence-electron chi connectivity index (χ2n) is 5.66. The van der Waals surface area contributed by atoms with Gasteiger partial charge in [-0.2, -0.15) is 0 Å². The van der Waals surface area contributed by atoms with Gasteiger partial charge in [0.1, 0.15) is 0 Å². The zero-order chi connectivity index (χ0) is 15.2. The number of para-hydroxylation sites is 1. The molecular weight excluding hydrogens is 262 g/mol. The lowest BCUT2D eigenvalue weighted by Gasteiger charge is -2.38. The largest absolute Gasteiger partial charge is 0.385 e. The number of nitrogens with zero attached hydrogens (tertiary/aromatic N) is 2. The molecule has 1 unspecified atom stereocenters. The highest BCUT2D eigenvalue weighted by molar-refractivity contribution is 5.99. The average molecular weight is 289 g/mol. The first-order valence-corrected chi connectivity index (χ1v) is 8.03. The Labute approximate surface area is 128 Å². The molecule has 1 aliphatic rings. The molecule has 0 aromatic heterocycles. The lowest BCUT2D eigenvalue weighted by atomic mass is 10.1. The van der Waals surface area contributed by atoms with Crippen molar-refractivity contribution in [2.45, 2.75) is 33.2 Å². The fourth-order valence-corrected chi connectivity index (χ4v) is 2.81. The van der Waals surface area contributed by atoms with Crippen LogP contribution in [0.15, 0.2) is 24.3 Å². The fraction of sp³-hybridized carbons (Fsp3) is 0.588. The van der Waals surface area contributed by atoms with E-state index in [1.807, 2.05) is 36.1 Å². The van der Waals surface area contributed by atoms with Crippen LogP contribution in [0.2, 0.25) is 0 Å². The van der Waals surface area contributed by atoms with Gasteiger partial charge < -0.3 is 10.2 Å². The number of hydrogen-bond donors (Lipinski definition) is 1. The van der Waals surface area contributed by atoms with Gasteiger partial charge in [-0.05, 0) is 32.4 Å². The van der Waals surface area contributed by atoms with Gasteiger partial charge in [-0.15, -0.1) is 0 Å². The maximum absolute atomic E-state index is 12.7. The SMILES string of the molecule is CCNc1ccccc1C(=O)N1CCN(C(C)CC)CC1. The number of piperazine rings is 1. The smallest absolute Gasteiger partial charge is 0.256 e. The number of hydrogen-bond acceptors (Lipinski definition) is 3. The second-order valence-corrected chi connectivity index (χ2v) is 5.66. The van der Waals surface area contributed by atoms with Crippen molar-refractivity contribution in [1.29, 1.82) is 0 Å². The quantitative estimate of drug-likeness (QED) is 0.905. The molecule has 1 aromatic rings. The number of benzene rings is 1. The van der Waals surface area contributed by atoms with Crippen LogP contribution in [-0.4, -0.2) is 54.5 Å². The van der Waals surface area contributed by atoms with E-state index in [4.69, 9.17) is 0 Å². The van der Waals surface area contributed by atoms with Gasteiger partial charge in [0, 0.05) is 44.5 Å². The van der Waals surface area contributed by atoms with Crippen molar-refractivity contribution in [3.05, 3.63) is 29.8 Å². The highest BCUT2D eigenvalue weighted by Gasteiger charge is 2.25. The highest BCUT2D eigenvalue weighted by atomic mass is 16.2. The van der Waals surface area contributed by atoms with Crippen LogP contribution in [0.25, 0.3) is 0 Å². The van der Waals surface area contributed by atoms with Crippen LogP contribution in [0.5, 0.6) is 0 Å². The normalized spacial score (nSPS) is 17.6. The summed E-state index contributed by atoms with van der Waals surface area (Å²) in [6.45, 7) is 11.0. The molecule has 4 nitrogen and oxygen atoms in total. The molecule has 0 aliphatic carbocycles. The Morgan fingerprint density at radius 1 is 1.19 bits per heavy atom. The van der Waals surface area contributed by atoms with E-state index >= 15 is 0 Å². The van der Waals surface area contributed by atoms with E-state index in [9.17, 15) is 4.79 Å². The van der Waals surface area contributed by atoms with E-state index in [0.717, 1.165) is 50.4 Å². The van der Waals surface area contributed by atoms with E-state index in [2.05, 4.69) is 24.1 Å². The van der Waals surface area contributed by atoms with Gasteiger partial charge >= 0.3 is 0 Å². The number of rotatable bonds is 5. The van der Waals surface area contributed by atoms with Crippen LogP contribution in [0.4, 0.5) is 5.69 Å². The summed E-state index contributed by atoms with van der Waals surface area (Å²) in [4.78, 5) is 17.2. The van der Waals surface area contributed by atoms with Gasteiger partial charge in [-0.25, -0.2) is 0 Å². The van der Waals surface area contributed by atoms with Crippen molar-refractivity contribution in [2.24, 2.45) is 0 Å². The molecule has 21 heavy (non-hydrogen) atoms. The number of carbonyl (C=O) groups excluding carboxylic acids is 1. The first-order valence-electron chi connectivity index (χ1n) is 8.03. The molecule has 0 saturated carbocycles. The van der Waals surface area contributed by atoms with Crippen LogP contribution in [0.3, 0.4) is 0 Å². The minimum atomic E-state index is 0.148. The molecule has 1 saturated heterocycles. The topological polar surface area (TPSA) is 35.6 Å². The lowest BCUT2D eigenvalue weighted by Crippen LogP contribution is -2.51. The Balaban J connectivity index is 2.02. The first-order chi connectivity index (χ1) is 10.2. The molecule has 1 aromatic carbocycles. The molecule has 1 atom stereocenters. The molecule has 1 fully saturated rings. The minimum Gasteiger partial charge on any atom is -0.385 e. The molecule has 4 heteroatoms. The fourth-order valence-electron chi connectivity index (χ4n) is 2.81. The predicted molar refractivity (Wildman–Crippen MR) is 87.8 cm³/mol. The zero-order valence-electron chi connectivity index (χ0n) is 13.4. The van der Waals surface area contributed by atoms with E-state index in [0.29, 0.717) is 6.04 Å². The van der Waals surface area contributed by atoms with Crippen molar-refractivity contribution in [3.63, 3.8) is 0 Å². The molecule has 0 spiro atoms. The molecule has 1 N–H and O–H groups in total. The summed E-state index contributed by atoms with van der Waals surface area (Å²) in [5, 5.41) is 3.27. The van der Waals surface area contributed by atoms with Gasteiger partial charge in [0.2, 0.25) is 0 Å². The molecular formula is C17H27N3O. The van der Waals surface area contributed by atoms with Crippen molar-refractivity contribution in [3.8, 4) is 0 Å². The standard InChI is InChI=1S/C17H27N3O/c1-4-14(3)19-10-12-20(13-11-19)17(21)15-8-6-7-9-16(15)18-5-2/h6-9,14,18H,4-5,10-13H2,1-3H3. The number of amides is 1. The Hall–Kier alpha value is -1.55. The molecule has 1 amide bonds. The van der Waals surface area contributed by atoms with Gasteiger partial charge in [0.15, 0.2) is 0 Å². The van der Waals surface area contributed by atoms with Gasteiger partial charge in [0.25, 0.3) is 5.91 Å². The van der Waals surface area contributed by atoms with Crippen molar-refractivity contribution >= 4 is 11.6 Å². The maximum atomic E-state index is 12.7. The number of nitrogens with one attached hydrogen (secondary N) is 1. The number of anilines is 1. The van der Waals surface area contributed by atoms with E-state index in [1.165, 1.54) is 0 Å². The van der Waals surface area contributed by atoms with Gasteiger partial charge in [-0.1, -0.05) is 19.1 Å². The summed E-state index contributed by atoms with van der Waals surface area (Å²) in [7, 11) is 0. The lowest BCUT2D eigenvalue weighted by molar-refractivity contribution is 0.0580. The molecule has 0 radical (unpaired) electrons. The van der Waals surface area contributed by atoms with Gasteiger partial charge in [0.05, 0.1) is 5.56 Å². The van der Waals surface area contributed by atoms with Crippen LogP contribution < -0.4 is 5.32 Å². The third-order valence-electron chi connectivity index (χ3n) is 4.34. The Morgan fingerprint density at radius 3 is 2.48 bits per heavy atom. The summed E-state index contributed by atoms with van der Waals surface area (Å²) in [5.74, 6) is 0.148. The van der Waals surface area contributed by atoms with E-state index in [-0.39, 0.29) is 5.91 Å². The number of carbonyl (C=O) groups is 1. The summed E-state index contributed by atoms with van der Waals surface area (Å²) in [5.41, 5.74) is 1.73. The Bertz CT molecular complexity index is 467. The molecule has 116 valence electrons. The van der Waals surface area contributed by atoms with Gasteiger partial charge in [-0.3, -0.25) is 9.69 Å². The molecule has 0 bridgehead atoms. The maximum Gasteiger partial charge on any atom is 0.256 e. The van der Waals surface area contributed by atoms with Crippen molar-refractivity contribution < 1.29 is 4.79 Å². The average Bonchev–Trinajstić information content (AvgIpc) is 2.54. The summed E-state index contributed by atoms with van der Waals surface area (Å²) in [6, 6.07) is 8.41. The monoisotopic (exact) mass is 289 g/mol. The molecule has 2 rings (SSSR count). The minimum absolute atomic E-state index is 0.148. The van der Waals surface area contributed by atoms with Crippen LogP contribution in [0, 0.1) is 0 Å². The molecule has 1 heterocycles. The Morgan fingerprint density at radius 2 is 1.86 bits per heavy atom. The summed E-state index contributed by atoms with van der Waals surface area (Å²) in [6.07, 6.45) is 1.16. The highest BCUT2D eigenvalue weighted by Crippen LogP contribution is 2.18. The second kappa shape index (κ2) is 7.46. The Kier molecular flexibility index (Phi) is 5.62. The van der Waals surface area contributed by atoms with Crippen LogP contribution >= 0.6 is 0 Å². The predicted octanol–water partition coefficient (Wildman–Crippen LogP) is 2.67. The van der Waals surface area contributed by atoms with Crippen molar-refractivity contribution in [1.82, 2.24) is 9.80 Å². The third kappa shape index (κ3) is 3.76.